The van der Waals surface area contributed by atoms with Crippen molar-refractivity contribution in [2.75, 3.05) is 4.72 Å². The fraction of sp³-hybridized carbons (Fsp3) is 0.200. The van der Waals surface area contributed by atoms with Gasteiger partial charge >= 0.3 is 5.63 Å². The molecule has 1 heterocycles. The van der Waals surface area contributed by atoms with E-state index in [1.807, 2.05) is 13.8 Å². The molecule has 0 spiro atoms. The first-order valence-corrected chi connectivity index (χ1v) is 10.2. The summed E-state index contributed by atoms with van der Waals surface area (Å²) < 4.78 is 33.2. The molecule has 0 unspecified atom stereocenters. The molecule has 28 heavy (non-hydrogen) atoms. The average Bonchev–Trinajstić information content (AvgIpc) is 2.67. The highest BCUT2D eigenvalue weighted by Crippen LogP contribution is 2.23. The van der Waals surface area contributed by atoms with Crippen molar-refractivity contribution in [1.82, 2.24) is 5.32 Å². The zero-order chi connectivity index (χ0) is 20.3. The van der Waals surface area contributed by atoms with E-state index in [0.717, 1.165) is 6.42 Å². The van der Waals surface area contributed by atoms with E-state index in [0.29, 0.717) is 11.0 Å². The Bertz CT molecular complexity index is 1180. The minimum atomic E-state index is -3.95. The molecule has 7 nitrogen and oxygen atoms in total. The second-order valence-corrected chi connectivity index (χ2v) is 8.07. The number of hydrogen-bond donors (Lipinski definition) is 2. The molecule has 0 radical (unpaired) electrons. The molecule has 8 heteroatoms. The SMILES string of the molecule is CC[C@H](C)NC(=O)c1ccccc1NS(=O)(=O)c1ccc2oc(=O)ccc2c1. The molecule has 1 amide bonds. The number of sulfonamides is 1. The van der Waals surface area contributed by atoms with E-state index in [-0.39, 0.29) is 28.1 Å². The number of amides is 1. The van der Waals surface area contributed by atoms with Gasteiger partial charge in [-0.3, -0.25) is 9.52 Å². The maximum atomic E-state index is 12.8. The molecule has 146 valence electrons. The predicted molar refractivity (Wildman–Crippen MR) is 107 cm³/mol. The van der Waals surface area contributed by atoms with Crippen LogP contribution in [0.2, 0.25) is 0 Å². The van der Waals surface area contributed by atoms with Crippen molar-refractivity contribution in [3.05, 3.63) is 70.6 Å². The maximum absolute atomic E-state index is 12.8. The largest absolute Gasteiger partial charge is 0.423 e. The lowest BCUT2D eigenvalue weighted by Gasteiger charge is -2.15. The molecule has 2 aromatic carbocycles. The quantitative estimate of drug-likeness (QED) is 0.619. The van der Waals surface area contributed by atoms with Crippen LogP contribution in [0.1, 0.15) is 30.6 Å². The minimum Gasteiger partial charge on any atom is -0.423 e. The standard InChI is InChI=1S/C20H20N2O5S/c1-3-13(2)21-20(24)16-6-4-5-7-17(16)22-28(25,26)15-9-10-18-14(12-15)8-11-19(23)27-18/h4-13,22H,3H2,1-2H3,(H,21,24)/t13-/m0/s1. The van der Waals surface area contributed by atoms with E-state index in [1.54, 1.807) is 18.2 Å². The third-order valence-electron chi connectivity index (χ3n) is 4.31. The van der Waals surface area contributed by atoms with Gasteiger partial charge in [0.25, 0.3) is 15.9 Å². The van der Waals surface area contributed by atoms with Gasteiger partial charge in [-0.1, -0.05) is 19.1 Å². The summed E-state index contributed by atoms with van der Waals surface area (Å²) in [5, 5.41) is 3.30. The third-order valence-corrected chi connectivity index (χ3v) is 5.67. The monoisotopic (exact) mass is 400 g/mol. The van der Waals surface area contributed by atoms with Gasteiger partial charge in [0, 0.05) is 17.5 Å². The lowest BCUT2D eigenvalue weighted by Crippen LogP contribution is -2.32. The van der Waals surface area contributed by atoms with E-state index in [4.69, 9.17) is 4.42 Å². The number of para-hydroxylation sites is 1. The van der Waals surface area contributed by atoms with Crippen LogP contribution in [0.4, 0.5) is 5.69 Å². The number of nitrogens with one attached hydrogen (secondary N) is 2. The van der Waals surface area contributed by atoms with E-state index >= 15 is 0 Å². The van der Waals surface area contributed by atoms with Crippen molar-refractivity contribution in [2.24, 2.45) is 0 Å². The highest BCUT2D eigenvalue weighted by atomic mass is 32.2. The lowest BCUT2D eigenvalue weighted by atomic mass is 10.1. The lowest BCUT2D eigenvalue weighted by molar-refractivity contribution is 0.0940. The van der Waals surface area contributed by atoms with E-state index in [1.165, 1.54) is 36.4 Å². The Balaban J connectivity index is 1.94. The highest BCUT2D eigenvalue weighted by Gasteiger charge is 2.19. The predicted octanol–water partition coefficient (Wildman–Crippen LogP) is 3.12. The van der Waals surface area contributed by atoms with Crippen molar-refractivity contribution >= 4 is 32.6 Å². The Labute approximate surface area is 162 Å². The van der Waals surface area contributed by atoms with Gasteiger partial charge in [0.1, 0.15) is 5.58 Å². The molecule has 0 aliphatic heterocycles. The smallest absolute Gasteiger partial charge is 0.336 e. The first kappa shape index (κ1) is 19.6. The van der Waals surface area contributed by atoms with Crippen LogP contribution in [-0.4, -0.2) is 20.4 Å². The Morgan fingerprint density at radius 1 is 1.11 bits per heavy atom. The molecule has 0 aliphatic carbocycles. The van der Waals surface area contributed by atoms with Crippen LogP contribution in [-0.2, 0) is 10.0 Å². The molecule has 0 bridgehead atoms. The van der Waals surface area contributed by atoms with Gasteiger partial charge in [-0.05, 0) is 49.7 Å². The van der Waals surface area contributed by atoms with Crippen LogP contribution in [0.5, 0.6) is 0 Å². The summed E-state index contributed by atoms with van der Waals surface area (Å²) in [7, 11) is -3.95. The number of fused-ring (bicyclic) bond motifs is 1. The summed E-state index contributed by atoms with van der Waals surface area (Å²) in [6.07, 6.45) is 0.757. The van der Waals surface area contributed by atoms with Crippen molar-refractivity contribution < 1.29 is 17.6 Å². The topological polar surface area (TPSA) is 105 Å². The van der Waals surface area contributed by atoms with Crippen molar-refractivity contribution in [3.63, 3.8) is 0 Å². The van der Waals surface area contributed by atoms with Gasteiger partial charge in [-0.2, -0.15) is 0 Å². The van der Waals surface area contributed by atoms with Crippen LogP contribution in [0.25, 0.3) is 11.0 Å². The molecule has 0 aliphatic rings. The highest BCUT2D eigenvalue weighted by molar-refractivity contribution is 7.92. The number of anilines is 1. The van der Waals surface area contributed by atoms with Crippen LogP contribution in [0, 0.1) is 0 Å². The molecule has 1 aromatic heterocycles. The van der Waals surface area contributed by atoms with Gasteiger partial charge in [-0.25, -0.2) is 13.2 Å². The van der Waals surface area contributed by atoms with Crippen LogP contribution >= 0.6 is 0 Å². The number of rotatable bonds is 6. The first-order valence-electron chi connectivity index (χ1n) is 8.77. The molecule has 3 rings (SSSR count). The second kappa shape index (κ2) is 7.85. The Morgan fingerprint density at radius 2 is 1.86 bits per heavy atom. The maximum Gasteiger partial charge on any atom is 0.336 e. The number of hydrogen-bond acceptors (Lipinski definition) is 5. The number of benzene rings is 2. The summed E-state index contributed by atoms with van der Waals surface area (Å²) >= 11 is 0. The third kappa shape index (κ3) is 4.23. The number of carbonyl (C=O) groups is 1. The van der Waals surface area contributed by atoms with Crippen molar-refractivity contribution in [2.45, 2.75) is 31.2 Å². The number of carbonyl (C=O) groups excluding carboxylic acids is 1. The molecule has 0 saturated carbocycles. The van der Waals surface area contributed by atoms with Gasteiger partial charge in [0.2, 0.25) is 0 Å². The summed E-state index contributed by atoms with van der Waals surface area (Å²) in [6.45, 7) is 3.82. The van der Waals surface area contributed by atoms with Crippen LogP contribution < -0.4 is 15.7 Å². The zero-order valence-corrected chi connectivity index (χ0v) is 16.2. The zero-order valence-electron chi connectivity index (χ0n) is 15.4. The fourth-order valence-electron chi connectivity index (χ4n) is 2.59. The summed E-state index contributed by atoms with van der Waals surface area (Å²) in [6, 6.07) is 13.3. The molecular formula is C20H20N2O5S. The van der Waals surface area contributed by atoms with Crippen molar-refractivity contribution in [3.8, 4) is 0 Å². The first-order chi connectivity index (χ1) is 13.3. The fourth-order valence-corrected chi connectivity index (χ4v) is 3.71. The molecule has 3 aromatic rings. The Morgan fingerprint density at radius 3 is 2.61 bits per heavy atom. The molecular weight excluding hydrogens is 380 g/mol. The van der Waals surface area contributed by atoms with Crippen LogP contribution in [0.3, 0.4) is 0 Å². The van der Waals surface area contributed by atoms with Gasteiger partial charge < -0.3 is 9.73 Å². The Kier molecular flexibility index (Phi) is 5.51. The van der Waals surface area contributed by atoms with E-state index < -0.39 is 15.6 Å². The Hall–Kier alpha value is -3.13. The van der Waals surface area contributed by atoms with E-state index in [2.05, 4.69) is 10.0 Å². The van der Waals surface area contributed by atoms with Crippen LogP contribution in [0.15, 0.2) is 68.7 Å². The van der Waals surface area contributed by atoms with Crippen molar-refractivity contribution in [1.29, 1.82) is 0 Å². The summed E-state index contributed by atoms with van der Waals surface area (Å²) in [4.78, 5) is 23.7. The molecule has 2 N–H and O–H groups in total. The van der Waals surface area contributed by atoms with Gasteiger partial charge in [0.05, 0.1) is 16.1 Å². The minimum absolute atomic E-state index is 0.00835. The van der Waals surface area contributed by atoms with Gasteiger partial charge in [-0.15, -0.1) is 0 Å². The summed E-state index contributed by atoms with van der Waals surface area (Å²) in [5.41, 5.74) is 0.198. The molecule has 0 saturated heterocycles. The molecule has 0 fully saturated rings. The van der Waals surface area contributed by atoms with E-state index in [9.17, 15) is 18.0 Å². The second-order valence-electron chi connectivity index (χ2n) is 6.39. The summed E-state index contributed by atoms with van der Waals surface area (Å²) in [5.74, 6) is -0.354. The normalized spacial score (nSPS) is 12.5. The van der Waals surface area contributed by atoms with Gasteiger partial charge in [0.15, 0.2) is 0 Å². The molecule has 1 atom stereocenters. The average molecular weight is 400 g/mol.